The summed E-state index contributed by atoms with van der Waals surface area (Å²) >= 11 is 1.69. The number of aryl methyl sites for hydroxylation is 1. The fourth-order valence-corrected chi connectivity index (χ4v) is 3.19. The number of benzene rings is 1. The molecule has 0 saturated carbocycles. The van der Waals surface area contributed by atoms with Gasteiger partial charge in [-0.3, -0.25) is 4.79 Å². The molecule has 1 aliphatic rings. The maximum Gasteiger partial charge on any atom is 0.234 e. The normalized spacial score (nSPS) is 16.3. The zero-order chi connectivity index (χ0) is 13.7. The minimum absolute atomic E-state index is 0.0615. The predicted octanol–water partition coefficient (Wildman–Crippen LogP) is 2.56. The standard InChI is InChI=1S/C14H19FN2OS/c1-10-6-11(15)8-12(7-10)17-14(18)9-19-13-2-4-16-5-3-13/h6-8,13,16H,2-5,9H2,1H3,(H,17,18). The van der Waals surface area contributed by atoms with Crippen LogP contribution in [-0.2, 0) is 4.79 Å². The Morgan fingerprint density at radius 1 is 1.42 bits per heavy atom. The zero-order valence-electron chi connectivity index (χ0n) is 11.0. The van der Waals surface area contributed by atoms with Gasteiger partial charge in [0.15, 0.2) is 0 Å². The Morgan fingerprint density at radius 3 is 2.84 bits per heavy atom. The number of amides is 1. The largest absolute Gasteiger partial charge is 0.325 e. The van der Waals surface area contributed by atoms with Crippen molar-refractivity contribution in [3.05, 3.63) is 29.6 Å². The summed E-state index contributed by atoms with van der Waals surface area (Å²) in [6, 6.07) is 4.57. The fourth-order valence-electron chi connectivity index (χ4n) is 2.16. The minimum Gasteiger partial charge on any atom is -0.325 e. The van der Waals surface area contributed by atoms with E-state index in [0.717, 1.165) is 31.5 Å². The number of nitrogens with one attached hydrogen (secondary N) is 2. The number of hydrogen-bond acceptors (Lipinski definition) is 3. The fraction of sp³-hybridized carbons (Fsp3) is 0.500. The number of carbonyl (C=O) groups excluding carboxylic acids is 1. The Kier molecular flexibility index (Phi) is 5.22. The molecule has 1 aromatic carbocycles. The first-order chi connectivity index (χ1) is 9.13. The molecule has 5 heteroatoms. The minimum atomic E-state index is -0.318. The third kappa shape index (κ3) is 4.84. The number of hydrogen-bond donors (Lipinski definition) is 2. The van der Waals surface area contributed by atoms with Gasteiger partial charge in [0, 0.05) is 10.9 Å². The molecular weight excluding hydrogens is 263 g/mol. The summed E-state index contributed by atoms with van der Waals surface area (Å²) in [6.07, 6.45) is 2.22. The van der Waals surface area contributed by atoms with Crippen LogP contribution >= 0.6 is 11.8 Å². The van der Waals surface area contributed by atoms with Gasteiger partial charge in [-0.25, -0.2) is 4.39 Å². The van der Waals surface area contributed by atoms with Gasteiger partial charge in [0.05, 0.1) is 5.75 Å². The summed E-state index contributed by atoms with van der Waals surface area (Å²) in [6.45, 7) is 3.87. The van der Waals surface area contributed by atoms with Crippen molar-refractivity contribution in [2.24, 2.45) is 0 Å². The summed E-state index contributed by atoms with van der Waals surface area (Å²) in [5, 5.41) is 6.60. The first-order valence-electron chi connectivity index (χ1n) is 6.53. The monoisotopic (exact) mass is 282 g/mol. The molecule has 0 aliphatic carbocycles. The molecule has 1 aromatic rings. The van der Waals surface area contributed by atoms with E-state index in [9.17, 15) is 9.18 Å². The lowest BCUT2D eigenvalue weighted by Gasteiger charge is -2.21. The van der Waals surface area contributed by atoms with Crippen molar-refractivity contribution in [3.63, 3.8) is 0 Å². The quantitative estimate of drug-likeness (QED) is 0.892. The molecule has 0 aromatic heterocycles. The van der Waals surface area contributed by atoms with Gasteiger partial charge >= 0.3 is 0 Å². The van der Waals surface area contributed by atoms with E-state index >= 15 is 0 Å². The molecule has 2 N–H and O–H groups in total. The maximum absolute atomic E-state index is 13.2. The molecule has 1 amide bonds. The third-order valence-electron chi connectivity index (χ3n) is 3.06. The molecule has 0 atom stereocenters. The Labute approximate surface area is 117 Å². The molecule has 1 aliphatic heterocycles. The highest BCUT2D eigenvalue weighted by Crippen LogP contribution is 2.20. The van der Waals surface area contributed by atoms with Crippen LogP contribution in [0, 0.1) is 12.7 Å². The summed E-state index contributed by atoms with van der Waals surface area (Å²) in [7, 11) is 0. The van der Waals surface area contributed by atoms with Crippen LogP contribution in [0.5, 0.6) is 0 Å². The summed E-state index contributed by atoms with van der Waals surface area (Å²) in [5.41, 5.74) is 1.34. The van der Waals surface area contributed by atoms with E-state index in [1.165, 1.54) is 12.1 Å². The molecule has 0 radical (unpaired) electrons. The van der Waals surface area contributed by atoms with Gasteiger partial charge in [0.2, 0.25) is 5.91 Å². The highest BCUT2D eigenvalue weighted by atomic mass is 32.2. The highest BCUT2D eigenvalue weighted by molar-refractivity contribution is 8.00. The molecule has 1 fully saturated rings. The number of anilines is 1. The van der Waals surface area contributed by atoms with Crippen LogP contribution in [0.15, 0.2) is 18.2 Å². The average molecular weight is 282 g/mol. The molecule has 1 heterocycles. The van der Waals surface area contributed by atoms with E-state index in [4.69, 9.17) is 0 Å². The lowest BCUT2D eigenvalue weighted by atomic mass is 10.2. The van der Waals surface area contributed by atoms with Crippen molar-refractivity contribution < 1.29 is 9.18 Å². The number of carbonyl (C=O) groups is 1. The van der Waals surface area contributed by atoms with E-state index in [0.29, 0.717) is 16.7 Å². The van der Waals surface area contributed by atoms with Gasteiger partial charge in [-0.05, 0) is 56.6 Å². The average Bonchev–Trinajstić information content (AvgIpc) is 2.36. The van der Waals surface area contributed by atoms with Gasteiger partial charge in [-0.2, -0.15) is 0 Å². The maximum atomic E-state index is 13.2. The van der Waals surface area contributed by atoms with Gasteiger partial charge in [0.25, 0.3) is 0 Å². The van der Waals surface area contributed by atoms with Crippen molar-refractivity contribution in [2.45, 2.75) is 25.0 Å². The van der Waals surface area contributed by atoms with Crippen molar-refractivity contribution in [1.82, 2.24) is 5.32 Å². The molecule has 3 nitrogen and oxygen atoms in total. The Balaban J connectivity index is 1.80. The van der Waals surface area contributed by atoms with Crippen LogP contribution in [0.4, 0.5) is 10.1 Å². The van der Waals surface area contributed by atoms with Crippen molar-refractivity contribution >= 4 is 23.4 Å². The van der Waals surface area contributed by atoms with E-state index in [-0.39, 0.29) is 11.7 Å². The first-order valence-corrected chi connectivity index (χ1v) is 7.58. The molecule has 0 bridgehead atoms. The van der Waals surface area contributed by atoms with Crippen LogP contribution in [0.25, 0.3) is 0 Å². The molecule has 2 rings (SSSR count). The molecule has 19 heavy (non-hydrogen) atoms. The topological polar surface area (TPSA) is 41.1 Å². The van der Waals surface area contributed by atoms with Crippen LogP contribution < -0.4 is 10.6 Å². The third-order valence-corrected chi connectivity index (χ3v) is 4.43. The molecule has 1 saturated heterocycles. The smallest absolute Gasteiger partial charge is 0.234 e. The van der Waals surface area contributed by atoms with Crippen LogP contribution in [0.3, 0.4) is 0 Å². The van der Waals surface area contributed by atoms with Crippen LogP contribution in [0.2, 0.25) is 0 Å². The molecular formula is C14H19FN2OS. The number of halogens is 1. The van der Waals surface area contributed by atoms with Crippen LogP contribution in [-0.4, -0.2) is 30.0 Å². The second-order valence-electron chi connectivity index (χ2n) is 4.83. The van der Waals surface area contributed by atoms with Gasteiger partial charge in [-0.15, -0.1) is 11.8 Å². The summed E-state index contributed by atoms with van der Waals surface area (Å²) < 4.78 is 13.2. The number of thioether (sulfide) groups is 1. The number of piperidine rings is 1. The van der Waals surface area contributed by atoms with E-state index < -0.39 is 0 Å². The van der Waals surface area contributed by atoms with E-state index in [1.54, 1.807) is 17.8 Å². The SMILES string of the molecule is Cc1cc(F)cc(NC(=O)CSC2CCNCC2)c1. The Bertz CT molecular complexity index is 427. The highest BCUT2D eigenvalue weighted by Gasteiger charge is 2.15. The lowest BCUT2D eigenvalue weighted by molar-refractivity contribution is -0.113. The van der Waals surface area contributed by atoms with Gasteiger partial charge in [-0.1, -0.05) is 0 Å². The van der Waals surface area contributed by atoms with E-state index in [2.05, 4.69) is 10.6 Å². The lowest BCUT2D eigenvalue weighted by Crippen LogP contribution is -2.30. The molecule has 0 unspecified atom stereocenters. The second-order valence-corrected chi connectivity index (χ2v) is 6.11. The number of rotatable bonds is 4. The van der Waals surface area contributed by atoms with Crippen molar-refractivity contribution in [3.8, 4) is 0 Å². The summed E-state index contributed by atoms with van der Waals surface area (Å²) in [5.74, 6) is 0.0510. The van der Waals surface area contributed by atoms with Crippen LogP contribution in [0.1, 0.15) is 18.4 Å². The predicted molar refractivity (Wildman–Crippen MR) is 78.1 cm³/mol. The Morgan fingerprint density at radius 2 is 2.16 bits per heavy atom. The van der Waals surface area contributed by atoms with E-state index in [1.807, 2.05) is 6.92 Å². The van der Waals surface area contributed by atoms with Crippen molar-refractivity contribution in [1.29, 1.82) is 0 Å². The van der Waals surface area contributed by atoms with Crippen molar-refractivity contribution in [2.75, 3.05) is 24.2 Å². The van der Waals surface area contributed by atoms with Gasteiger partial charge in [0.1, 0.15) is 5.82 Å². The van der Waals surface area contributed by atoms with Gasteiger partial charge < -0.3 is 10.6 Å². The zero-order valence-corrected chi connectivity index (χ0v) is 11.9. The second kappa shape index (κ2) is 6.91. The first kappa shape index (κ1) is 14.3. The molecule has 0 spiro atoms. The summed E-state index contributed by atoms with van der Waals surface area (Å²) in [4.78, 5) is 11.8. The molecule has 104 valence electrons. The Hall–Kier alpha value is -1.07.